The summed E-state index contributed by atoms with van der Waals surface area (Å²) in [7, 11) is -2.63. The highest BCUT2D eigenvalue weighted by atomic mass is 127. The summed E-state index contributed by atoms with van der Waals surface area (Å²) in [5, 5.41) is 0. The molecule has 1 amide bonds. The number of aryl methyl sites for hydroxylation is 1. The molecule has 0 saturated carbocycles. The molecule has 35 heavy (non-hydrogen) atoms. The van der Waals surface area contributed by atoms with Crippen molar-refractivity contribution in [1.29, 1.82) is 0 Å². The van der Waals surface area contributed by atoms with Gasteiger partial charge in [-0.05, 0) is 71.0 Å². The number of halogens is 1. The Bertz CT molecular complexity index is 1420. The molecule has 1 aliphatic rings. The molecule has 1 fully saturated rings. The number of amides is 1. The van der Waals surface area contributed by atoms with Crippen LogP contribution in [0.2, 0.25) is 0 Å². The van der Waals surface area contributed by atoms with E-state index in [1.54, 1.807) is 35.2 Å². The van der Waals surface area contributed by atoms with Gasteiger partial charge in [-0.15, -0.1) is 0 Å². The first-order chi connectivity index (χ1) is 16.7. The van der Waals surface area contributed by atoms with Gasteiger partial charge >= 0.3 is 10.1 Å². The van der Waals surface area contributed by atoms with E-state index in [2.05, 4.69) is 0 Å². The third-order valence-electron chi connectivity index (χ3n) is 5.11. The number of ether oxygens (including phenoxy) is 1. The molecule has 6 nitrogen and oxygen atoms in total. The summed E-state index contributed by atoms with van der Waals surface area (Å²) in [5.74, 6) is 0.140. The SMILES string of the molecule is COc1cc(/C=C2\SC(=S)N(Cc3ccccc3)C2=O)cc(I)c1OS(=O)(=O)c1ccc(C)cc1. The molecule has 1 aliphatic heterocycles. The van der Waals surface area contributed by atoms with Crippen molar-refractivity contribution in [3.63, 3.8) is 0 Å². The van der Waals surface area contributed by atoms with Gasteiger partial charge in [-0.3, -0.25) is 9.69 Å². The fraction of sp³-hybridized carbons (Fsp3) is 0.120. The zero-order chi connectivity index (χ0) is 25.2. The van der Waals surface area contributed by atoms with E-state index >= 15 is 0 Å². The maximum atomic E-state index is 13.0. The van der Waals surface area contributed by atoms with E-state index in [9.17, 15) is 13.2 Å². The number of carbonyl (C=O) groups is 1. The molecular weight excluding hydrogens is 617 g/mol. The van der Waals surface area contributed by atoms with Crippen molar-refractivity contribution in [2.75, 3.05) is 7.11 Å². The first-order valence-electron chi connectivity index (χ1n) is 10.4. The lowest BCUT2D eigenvalue weighted by atomic mass is 10.1. The summed E-state index contributed by atoms with van der Waals surface area (Å²) >= 11 is 8.65. The Morgan fingerprint density at radius 2 is 1.77 bits per heavy atom. The van der Waals surface area contributed by atoms with Gasteiger partial charge in [-0.2, -0.15) is 8.42 Å². The van der Waals surface area contributed by atoms with Crippen LogP contribution in [0.15, 0.2) is 76.5 Å². The van der Waals surface area contributed by atoms with Gasteiger partial charge in [0.05, 0.1) is 22.1 Å². The second kappa shape index (κ2) is 10.7. The van der Waals surface area contributed by atoms with Gasteiger partial charge in [0.15, 0.2) is 11.5 Å². The molecule has 0 unspecified atom stereocenters. The topological polar surface area (TPSA) is 72.9 Å². The minimum Gasteiger partial charge on any atom is -0.493 e. The molecule has 10 heteroatoms. The van der Waals surface area contributed by atoms with Gasteiger partial charge in [0.1, 0.15) is 9.22 Å². The largest absolute Gasteiger partial charge is 0.493 e. The van der Waals surface area contributed by atoms with Gasteiger partial charge in [0.2, 0.25) is 0 Å². The van der Waals surface area contributed by atoms with E-state index in [-0.39, 0.29) is 22.3 Å². The van der Waals surface area contributed by atoms with Crippen LogP contribution in [0, 0.1) is 10.5 Å². The van der Waals surface area contributed by atoms with E-state index in [0.717, 1.165) is 11.1 Å². The van der Waals surface area contributed by atoms with Crippen molar-refractivity contribution in [2.24, 2.45) is 0 Å². The lowest BCUT2D eigenvalue weighted by molar-refractivity contribution is -0.122. The molecule has 4 rings (SSSR count). The molecule has 3 aromatic rings. The number of hydrogen-bond acceptors (Lipinski definition) is 7. The van der Waals surface area contributed by atoms with Crippen molar-refractivity contribution in [2.45, 2.75) is 18.4 Å². The van der Waals surface area contributed by atoms with Gasteiger partial charge < -0.3 is 8.92 Å². The van der Waals surface area contributed by atoms with E-state index in [4.69, 9.17) is 21.1 Å². The fourth-order valence-corrected chi connectivity index (χ4v) is 6.42. The zero-order valence-electron chi connectivity index (χ0n) is 18.7. The molecule has 0 bridgehead atoms. The Hall–Kier alpha value is -2.41. The maximum Gasteiger partial charge on any atom is 0.339 e. The Morgan fingerprint density at radius 1 is 1.09 bits per heavy atom. The predicted octanol–water partition coefficient (Wildman–Crippen LogP) is 5.78. The summed E-state index contributed by atoms with van der Waals surface area (Å²) < 4.78 is 37.5. The van der Waals surface area contributed by atoms with Crippen LogP contribution in [0.1, 0.15) is 16.7 Å². The summed E-state index contributed by atoms with van der Waals surface area (Å²) in [6.45, 7) is 2.27. The Morgan fingerprint density at radius 3 is 2.43 bits per heavy atom. The third kappa shape index (κ3) is 5.88. The van der Waals surface area contributed by atoms with E-state index in [1.165, 1.54) is 31.0 Å². The van der Waals surface area contributed by atoms with E-state index < -0.39 is 10.1 Å². The summed E-state index contributed by atoms with van der Waals surface area (Å²) in [6, 6.07) is 19.4. The van der Waals surface area contributed by atoms with Crippen molar-refractivity contribution in [3.05, 3.63) is 91.9 Å². The van der Waals surface area contributed by atoms with Crippen LogP contribution in [0.25, 0.3) is 6.08 Å². The van der Waals surface area contributed by atoms with Gasteiger partial charge in [0.25, 0.3) is 5.91 Å². The number of rotatable bonds is 7. The van der Waals surface area contributed by atoms with Crippen LogP contribution in [-0.4, -0.2) is 30.7 Å². The highest BCUT2D eigenvalue weighted by Gasteiger charge is 2.32. The molecule has 0 aromatic heterocycles. The summed E-state index contributed by atoms with van der Waals surface area (Å²) in [6.07, 6.45) is 1.72. The average molecular weight is 638 g/mol. The van der Waals surface area contributed by atoms with Crippen molar-refractivity contribution in [3.8, 4) is 11.5 Å². The normalized spacial score (nSPS) is 15.1. The number of benzene rings is 3. The maximum absolute atomic E-state index is 13.0. The Kier molecular flexibility index (Phi) is 7.84. The predicted molar refractivity (Wildman–Crippen MR) is 150 cm³/mol. The van der Waals surface area contributed by atoms with Gasteiger partial charge in [-0.25, -0.2) is 0 Å². The number of hydrogen-bond donors (Lipinski definition) is 0. The highest BCUT2D eigenvalue weighted by Crippen LogP contribution is 2.39. The molecule has 1 heterocycles. The first kappa shape index (κ1) is 25.7. The standard InChI is InChI=1S/C25H20INO5S3/c1-16-8-10-19(11-9-16)35(29,30)32-23-20(26)12-18(13-21(23)31-2)14-22-24(28)27(25(33)34-22)15-17-6-4-3-5-7-17/h3-14H,15H2,1-2H3/b22-14-. The monoisotopic (exact) mass is 637 g/mol. The second-order valence-corrected chi connectivity index (χ2v) is 12.0. The first-order valence-corrected chi connectivity index (χ1v) is 14.1. The minimum absolute atomic E-state index is 0.0483. The zero-order valence-corrected chi connectivity index (χ0v) is 23.3. The smallest absolute Gasteiger partial charge is 0.339 e. The quantitative estimate of drug-likeness (QED) is 0.141. The summed E-state index contributed by atoms with van der Waals surface area (Å²) in [4.78, 5) is 15.1. The van der Waals surface area contributed by atoms with Crippen LogP contribution in [0.5, 0.6) is 11.5 Å². The van der Waals surface area contributed by atoms with Crippen molar-refractivity contribution < 1.29 is 22.1 Å². The minimum atomic E-state index is -4.06. The van der Waals surface area contributed by atoms with Gasteiger partial charge in [-0.1, -0.05) is 72.0 Å². The number of nitrogens with zero attached hydrogens (tertiary/aromatic N) is 1. The fourth-order valence-electron chi connectivity index (χ4n) is 3.32. The third-order valence-corrected chi connectivity index (χ3v) is 8.52. The van der Waals surface area contributed by atoms with Crippen LogP contribution in [0.3, 0.4) is 0 Å². The van der Waals surface area contributed by atoms with E-state index in [0.29, 0.717) is 24.9 Å². The highest BCUT2D eigenvalue weighted by molar-refractivity contribution is 14.1. The lowest BCUT2D eigenvalue weighted by Crippen LogP contribution is -2.27. The van der Waals surface area contributed by atoms with Gasteiger partial charge in [0, 0.05) is 0 Å². The van der Waals surface area contributed by atoms with E-state index in [1.807, 2.05) is 59.8 Å². The summed E-state index contributed by atoms with van der Waals surface area (Å²) in [5.41, 5.74) is 2.58. The number of thiocarbonyl (C=S) groups is 1. The van der Waals surface area contributed by atoms with Crippen molar-refractivity contribution >= 4 is 73.0 Å². The number of carbonyl (C=O) groups excluding carboxylic acids is 1. The van der Waals surface area contributed by atoms with Crippen molar-refractivity contribution in [1.82, 2.24) is 4.90 Å². The molecule has 180 valence electrons. The molecular formula is C25H20INO5S3. The molecule has 0 atom stereocenters. The second-order valence-electron chi connectivity index (χ2n) is 7.64. The Labute approximate surface area is 227 Å². The Balaban J connectivity index is 1.60. The lowest BCUT2D eigenvalue weighted by Gasteiger charge is -2.14. The number of thioether (sulfide) groups is 1. The molecule has 0 N–H and O–H groups in total. The average Bonchev–Trinajstić information content (AvgIpc) is 3.08. The molecule has 0 aliphatic carbocycles. The molecule has 0 radical (unpaired) electrons. The molecule has 3 aromatic carbocycles. The van der Waals surface area contributed by atoms with Crippen LogP contribution in [0.4, 0.5) is 0 Å². The van der Waals surface area contributed by atoms with Crippen LogP contribution < -0.4 is 8.92 Å². The number of methoxy groups -OCH3 is 1. The molecule has 1 saturated heterocycles. The van der Waals surface area contributed by atoms with Crippen LogP contribution >= 0.6 is 46.6 Å². The van der Waals surface area contributed by atoms with Crippen LogP contribution in [-0.2, 0) is 21.5 Å². The molecule has 0 spiro atoms.